The van der Waals surface area contributed by atoms with Crippen molar-refractivity contribution < 1.29 is 14.7 Å². The Kier molecular flexibility index (Phi) is 6.67. The second-order valence-electron chi connectivity index (χ2n) is 5.59. The second kappa shape index (κ2) is 8.02. The molecule has 19 heavy (non-hydrogen) atoms. The third kappa shape index (κ3) is 5.94. The molecule has 0 unspecified atom stereocenters. The summed E-state index contributed by atoms with van der Waals surface area (Å²) in [4.78, 5) is 22.4. The van der Waals surface area contributed by atoms with Gasteiger partial charge < -0.3 is 15.7 Å². The highest BCUT2D eigenvalue weighted by Gasteiger charge is 2.39. The number of hydrogen-bond donors (Lipinski definition) is 3. The van der Waals surface area contributed by atoms with Crippen molar-refractivity contribution in [2.75, 3.05) is 13.1 Å². The second-order valence-corrected chi connectivity index (χ2v) is 5.59. The first-order valence-corrected chi connectivity index (χ1v) is 7.31. The van der Waals surface area contributed by atoms with Gasteiger partial charge in [-0.05, 0) is 24.7 Å². The minimum absolute atomic E-state index is 0.157. The zero-order valence-corrected chi connectivity index (χ0v) is 11.8. The summed E-state index contributed by atoms with van der Waals surface area (Å²) in [5.74, 6) is -0.776. The smallest absolute Gasteiger partial charge is 0.314 e. The van der Waals surface area contributed by atoms with Gasteiger partial charge in [0.25, 0.3) is 0 Å². The fourth-order valence-corrected chi connectivity index (χ4v) is 2.50. The lowest BCUT2D eigenvalue weighted by Gasteiger charge is -2.40. The van der Waals surface area contributed by atoms with Gasteiger partial charge in [-0.2, -0.15) is 0 Å². The highest BCUT2D eigenvalue weighted by Crippen LogP contribution is 2.43. The van der Waals surface area contributed by atoms with Crippen LogP contribution in [0.3, 0.4) is 0 Å². The number of hydrogen-bond acceptors (Lipinski definition) is 2. The molecule has 5 nitrogen and oxygen atoms in total. The van der Waals surface area contributed by atoms with Crippen molar-refractivity contribution >= 4 is 12.0 Å². The monoisotopic (exact) mass is 270 g/mol. The van der Waals surface area contributed by atoms with Crippen LogP contribution in [0.1, 0.15) is 58.3 Å². The van der Waals surface area contributed by atoms with Crippen LogP contribution < -0.4 is 10.6 Å². The molecular formula is C14H26N2O3. The van der Waals surface area contributed by atoms with Crippen molar-refractivity contribution in [1.82, 2.24) is 10.6 Å². The van der Waals surface area contributed by atoms with E-state index in [-0.39, 0.29) is 17.9 Å². The third-order valence-corrected chi connectivity index (χ3v) is 3.88. The van der Waals surface area contributed by atoms with Crippen molar-refractivity contribution in [3.05, 3.63) is 0 Å². The minimum Gasteiger partial charge on any atom is -0.481 e. The van der Waals surface area contributed by atoms with Gasteiger partial charge in [-0.3, -0.25) is 4.79 Å². The van der Waals surface area contributed by atoms with Crippen LogP contribution in [0.25, 0.3) is 0 Å². The summed E-state index contributed by atoms with van der Waals surface area (Å²) in [6.45, 7) is 3.32. The quantitative estimate of drug-likeness (QED) is 0.563. The predicted octanol–water partition coefficient (Wildman–Crippen LogP) is 2.51. The number of carbonyl (C=O) groups excluding carboxylic acids is 1. The molecule has 0 saturated heterocycles. The van der Waals surface area contributed by atoms with E-state index in [0.717, 1.165) is 32.1 Å². The molecule has 0 aromatic carbocycles. The van der Waals surface area contributed by atoms with Crippen LogP contribution in [-0.4, -0.2) is 30.2 Å². The van der Waals surface area contributed by atoms with Crippen LogP contribution >= 0.6 is 0 Å². The number of aliphatic carboxylic acids is 1. The Bertz CT molecular complexity index is 301. The molecule has 5 heteroatoms. The molecule has 1 saturated carbocycles. The Balaban J connectivity index is 2.13. The van der Waals surface area contributed by atoms with E-state index in [2.05, 4.69) is 17.6 Å². The molecule has 0 radical (unpaired) electrons. The maximum atomic E-state index is 11.6. The van der Waals surface area contributed by atoms with Gasteiger partial charge in [-0.1, -0.05) is 32.6 Å². The Labute approximate surface area is 115 Å². The molecule has 0 aromatic rings. The summed E-state index contributed by atoms with van der Waals surface area (Å²) >= 11 is 0. The molecule has 3 N–H and O–H groups in total. The number of nitrogens with one attached hydrogen (secondary N) is 2. The maximum absolute atomic E-state index is 11.6. The molecule has 1 aliphatic rings. The largest absolute Gasteiger partial charge is 0.481 e. The van der Waals surface area contributed by atoms with Crippen LogP contribution in [0.15, 0.2) is 0 Å². The van der Waals surface area contributed by atoms with Crippen molar-refractivity contribution in [3.63, 3.8) is 0 Å². The fourth-order valence-electron chi connectivity index (χ4n) is 2.50. The van der Waals surface area contributed by atoms with Gasteiger partial charge in [-0.15, -0.1) is 0 Å². The molecular weight excluding hydrogens is 244 g/mol. The van der Waals surface area contributed by atoms with E-state index in [1.165, 1.54) is 12.8 Å². The van der Waals surface area contributed by atoms with Gasteiger partial charge in [0.15, 0.2) is 0 Å². The first-order valence-electron chi connectivity index (χ1n) is 7.31. The molecule has 0 aliphatic heterocycles. The third-order valence-electron chi connectivity index (χ3n) is 3.88. The summed E-state index contributed by atoms with van der Waals surface area (Å²) < 4.78 is 0. The average molecular weight is 270 g/mol. The van der Waals surface area contributed by atoms with Crippen LogP contribution in [0.5, 0.6) is 0 Å². The van der Waals surface area contributed by atoms with Crippen molar-refractivity contribution in [3.8, 4) is 0 Å². The maximum Gasteiger partial charge on any atom is 0.314 e. The SMILES string of the molecule is CCCCCCNC(=O)NCC1(CC(=O)O)CCC1. The Morgan fingerprint density at radius 1 is 1.16 bits per heavy atom. The minimum atomic E-state index is -0.776. The van der Waals surface area contributed by atoms with Crippen LogP contribution in [0.4, 0.5) is 4.79 Å². The van der Waals surface area contributed by atoms with Gasteiger partial charge in [-0.25, -0.2) is 4.79 Å². The molecule has 0 heterocycles. The van der Waals surface area contributed by atoms with E-state index in [9.17, 15) is 9.59 Å². The topological polar surface area (TPSA) is 78.4 Å². The molecule has 110 valence electrons. The lowest BCUT2D eigenvalue weighted by molar-refractivity contribution is -0.141. The molecule has 2 amide bonds. The van der Waals surface area contributed by atoms with E-state index >= 15 is 0 Å². The number of carboxylic acid groups (broad SMARTS) is 1. The highest BCUT2D eigenvalue weighted by molar-refractivity contribution is 5.74. The molecule has 1 aliphatic carbocycles. The predicted molar refractivity (Wildman–Crippen MR) is 74.1 cm³/mol. The number of urea groups is 1. The summed E-state index contributed by atoms with van der Waals surface area (Å²) in [6, 6.07) is -0.173. The highest BCUT2D eigenvalue weighted by atomic mass is 16.4. The van der Waals surface area contributed by atoms with Crippen LogP contribution in [0, 0.1) is 5.41 Å². The fraction of sp³-hybridized carbons (Fsp3) is 0.857. The summed E-state index contributed by atoms with van der Waals surface area (Å²) in [5, 5.41) is 14.5. The molecule has 0 aromatic heterocycles. The van der Waals surface area contributed by atoms with E-state index in [4.69, 9.17) is 5.11 Å². The standard InChI is InChI=1S/C14H26N2O3/c1-2-3-4-5-9-15-13(19)16-11-14(7-6-8-14)10-12(17)18/h2-11H2,1H3,(H,17,18)(H2,15,16,19). The summed E-state index contributed by atoms with van der Waals surface area (Å²) in [6.07, 6.45) is 7.54. The summed E-state index contributed by atoms with van der Waals surface area (Å²) in [7, 11) is 0. The lowest BCUT2D eigenvalue weighted by Crippen LogP contribution is -2.46. The van der Waals surface area contributed by atoms with E-state index in [1.54, 1.807) is 0 Å². The zero-order valence-electron chi connectivity index (χ0n) is 11.8. The first-order chi connectivity index (χ1) is 9.08. The zero-order chi connectivity index (χ0) is 14.1. The van der Waals surface area contributed by atoms with Crippen molar-refractivity contribution in [1.29, 1.82) is 0 Å². The number of unbranched alkanes of at least 4 members (excludes halogenated alkanes) is 3. The molecule has 0 spiro atoms. The average Bonchev–Trinajstić information content (AvgIpc) is 2.31. The van der Waals surface area contributed by atoms with Gasteiger partial charge in [0, 0.05) is 13.1 Å². The number of amides is 2. The van der Waals surface area contributed by atoms with E-state index in [0.29, 0.717) is 13.1 Å². The number of carboxylic acids is 1. The number of rotatable bonds is 9. The van der Waals surface area contributed by atoms with Crippen LogP contribution in [-0.2, 0) is 4.79 Å². The van der Waals surface area contributed by atoms with Gasteiger partial charge >= 0.3 is 12.0 Å². The summed E-state index contributed by atoms with van der Waals surface area (Å²) in [5.41, 5.74) is -0.203. The molecule has 0 atom stereocenters. The van der Waals surface area contributed by atoms with Crippen molar-refractivity contribution in [2.24, 2.45) is 5.41 Å². The van der Waals surface area contributed by atoms with E-state index in [1.807, 2.05) is 0 Å². The van der Waals surface area contributed by atoms with Gasteiger partial charge in [0.05, 0.1) is 6.42 Å². The first kappa shape index (κ1) is 15.8. The Hall–Kier alpha value is -1.26. The normalized spacial score (nSPS) is 16.5. The van der Waals surface area contributed by atoms with Crippen molar-refractivity contribution in [2.45, 2.75) is 58.3 Å². The van der Waals surface area contributed by atoms with E-state index < -0.39 is 5.97 Å². The van der Waals surface area contributed by atoms with Crippen LogP contribution in [0.2, 0.25) is 0 Å². The lowest BCUT2D eigenvalue weighted by atomic mass is 9.66. The Morgan fingerprint density at radius 2 is 1.89 bits per heavy atom. The molecule has 0 bridgehead atoms. The molecule has 1 rings (SSSR count). The molecule has 1 fully saturated rings. The van der Waals surface area contributed by atoms with Gasteiger partial charge in [0.2, 0.25) is 0 Å². The number of carbonyl (C=O) groups is 2. The van der Waals surface area contributed by atoms with Gasteiger partial charge in [0.1, 0.15) is 0 Å². The Morgan fingerprint density at radius 3 is 2.42 bits per heavy atom.